The molecule has 1 saturated carbocycles. The van der Waals surface area contributed by atoms with Crippen LogP contribution in [0.2, 0.25) is 0 Å². The van der Waals surface area contributed by atoms with Crippen LogP contribution in [-0.2, 0) is 10.0 Å². The standard InChI is InChI=1S/C14H20N2O2S/c1-11-6-8-14(9-7-11)19(17,18)16-15-13-5-3-4-12(2)10-13/h6-9,12,16H,3-5,10H2,1-2H3/b15-13+. The molecule has 0 saturated heterocycles. The molecule has 1 aliphatic carbocycles. The summed E-state index contributed by atoms with van der Waals surface area (Å²) in [6, 6.07) is 6.76. The van der Waals surface area contributed by atoms with Crippen molar-refractivity contribution in [2.45, 2.75) is 44.4 Å². The molecule has 1 N–H and O–H groups in total. The van der Waals surface area contributed by atoms with Crippen LogP contribution in [0.3, 0.4) is 0 Å². The Labute approximate surface area is 115 Å². The number of hydrogen-bond acceptors (Lipinski definition) is 3. The van der Waals surface area contributed by atoms with E-state index >= 15 is 0 Å². The monoisotopic (exact) mass is 280 g/mol. The molecule has 4 nitrogen and oxygen atoms in total. The number of nitrogens with zero attached hydrogens (tertiary/aromatic N) is 1. The topological polar surface area (TPSA) is 58.5 Å². The molecule has 0 radical (unpaired) electrons. The minimum Gasteiger partial charge on any atom is -0.200 e. The summed E-state index contributed by atoms with van der Waals surface area (Å²) in [4.78, 5) is 2.60. The summed E-state index contributed by atoms with van der Waals surface area (Å²) < 4.78 is 24.1. The van der Waals surface area contributed by atoms with Crippen LogP contribution in [0, 0.1) is 12.8 Å². The zero-order chi connectivity index (χ0) is 13.9. The first-order valence-corrected chi connectivity index (χ1v) is 8.09. The van der Waals surface area contributed by atoms with Crippen LogP contribution in [0.4, 0.5) is 0 Å². The molecule has 1 aromatic rings. The van der Waals surface area contributed by atoms with Crippen LogP contribution < -0.4 is 4.83 Å². The van der Waals surface area contributed by atoms with Gasteiger partial charge in [0.05, 0.1) is 4.90 Å². The van der Waals surface area contributed by atoms with Crippen molar-refractivity contribution in [3.63, 3.8) is 0 Å². The lowest BCUT2D eigenvalue weighted by atomic mass is 9.89. The largest absolute Gasteiger partial charge is 0.276 e. The molecular weight excluding hydrogens is 260 g/mol. The fourth-order valence-corrected chi connectivity index (χ4v) is 3.11. The maximum absolute atomic E-state index is 12.0. The van der Waals surface area contributed by atoms with Crippen molar-refractivity contribution in [2.24, 2.45) is 11.0 Å². The van der Waals surface area contributed by atoms with Crippen molar-refractivity contribution in [1.29, 1.82) is 0 Å². The van der Waals surface area contributed by atoms with Gasteiger partial charge in [0.2, 0.25) is 0 Å². The zero-order valence-corrected chi connectivity index (χ0v) is 12.2. The molecule has 0 spiro atoms. The first kappa shape index (κ1) is 14.1. The Kier molecular flexibility index (Phi) is 4.24. The average Bonchev–Trinajstić information content (AvgIpc) is 2.37. The Balaban J connectivity index is 2.09. The number of benzene rings is 1. The van der Waals surface area contributed by atoms with Crippen molar-refractivity contribution in [1.82, 2.24) is 4.83 Å². The molecule has 0 aliphatic heterocycles. The van der Waals surface area contributed by atoms with Gasteiger partial charge < -0.3 is 0 Å². The smallest absolute Gasteiger partial charge is 0.200 e. The molecule has 104 valence electrons. The van der Waals surface area contributed by atoms with E-state index in [1.807, 2.05) is 6.92 Å². The fraction of sp³-hybridized carbons (Fsp3) is 0.500. The Morgan fingerprint density at radius 3 is 2.58 bits per heavy atom. The molecule has 0 bridgehead atoms. The third-order valence-corrected chi connectivity index (χ3v) is 4.63. The molecule has 1 aliphatic rings. The molecule has 1 aromatic carbocycles. The Hall–Kier alpha value is -1.36. The molecule has 19 heavy (non-hydrogen) atoms. The van der Waals surface area contributed by atoms with E-state index in [4.69, 9.17) is 0 Å². The van der Waals surface area contributed by atoms with Crippen molar-refractivity contribution in [3.05, 3.63) is 29.8 Å². The van der Waals surface area contributed by atoms with Gasteiger partial charge in [0.25, 0.3) is 10.0 Å². The maximum atomic E-state index is 12.0. The average molecular weight is 280 g/mol. The molecule has 1 unspecified atom stereocenters. The number of hydrogen-bond donors (Lipinski definition) is 1. The number of hydrazone groups is 1. The highest BCUT2D eigenvalue weighted by atomic mass is 32.2. The van der Waals surface area contributed by atoms with E-state index in [2.05, 4.69) is 16.9 Å². The quantitative estimate of drug-likeness (QED) is 0.865. The van der Waals surface area contributed by atoms with Crippen LogP contribution in [-0.4, -0.2) is 14.1 Å². The van der Waals surface area contributed by atoms with E-state index in [-0.39, 0.29) is 4.90 Å². The van der Waals surface area contributed by atoms with Gasteiger partial charge in [-0.2, -0.15) is 13.5 Å². The normalized spacial score (nSPS) is 22.4. The van der Waals surface area contributed by atoms with E-state index in [9.17, 15) is 8.42 Å². The van der Waals surface area contributed by atoms with Gasteiger partial charge in [-0.1, -0.05) is 24.6 Å². The summed E-state index contributed by atoms with van der Waals surface area (Å²) in [7, 11) is -3.53. The van der Waals surface area contributed by atoms with Gasteiger partial charge in [0, 0.05) is 5.71 Å². The summed E-state index contributed by atoms with van der Waals surface area (Å²) >= 11 is 0. The predicted molar refractivity (Wildman–Crippen MR) is 76.6 cm³/mol. The first-order valence-electron chi connectivity index (χ1n) is 6.61. The molecule has 1 atom stereocenters. The molecule has 5 heteroatoms. The lowest BCUT2D eigenvalue weighted by molar-refractivity contribution is 0.498. The Bertz CT molecular complexity index is 562. The van der Waals surface area contributed by atoms with E-state index < -0.39 is 10.0 Å². The lowest BCUT2D eigenvalue weighted by Gasteiger charge is -2.19. The zero-order valence-electron chi connectivity index (χ0n) is 11.4. The number of nitrogens with one attached hydrogen (secondary N) is 1. The summed E-state index contributed by atoms with van der Waals surface area (Å²) in [5.74, 6) is 0.594. The molecule has 1 fully saturated rings. The van der Waals surface area contributed by atoms with Crippen LogP contribution >= 0.6 is 0 Å². The van der Waals surface area contributed by atoms with Gasteiger partial charge in [-0.25, -0.2) is 4.83 Å². The van der Waals surface area contributed by atoms with Crippen LogP contribution in [0.15, 0.2) is 34.3 Å². The van der Waals surface area contributed by atoms with E-state index in [1.54, 1.807) is 24.3 Å². The molecule has 0 amide bonds. The van der Waals surface area contributed by atoms with Crippen LogP contribution in [0.5, 0.6) is 0 Å². The summed E-state index contributed by atoms with van der Waals surface area (Å²) in [5, 5.41) is 4.08. The van der Waals surface area contributed by atoms with Gasteiger partial charge in [0.1, 0.15) is 0 Å². The summed E-state index contributed by atoms with van der Waals surface area (Å²) in [6.07, 6.45) is 4.06. The Morgan fingerprint density at radius 1 is 1.26 bits per heavy atom. The molecule has 0 heterocycles. The number of aryl methyl sites for hydroxylation is 1. The molecular formula is C14H20N2O2S. The minimum absolute atomic E-state index is 0.256. The number of sulfonamides is 1. The lowest BCUT2D eigenvalue weighted by Crippen LogP contribution is -2.22. The summed E-state index contributed by atoms with van der Waals surface area (Å²) in [6.45, 7) is 4.09. The van der Waals surface area contributed by atoms with Gasteiger partial charge in [-0.05, 0) is 50.7 Å². The van der Waals surface area contributed by atoms with Crippen molar-refractivity contribution in [3.8, 4) is 0 Å². The summed E-state index contributed by atoms with van der Waals surface area (Å²) in [5.41, 5.74) is 1.99. The minimum atomic E-state index is -3.53. The SMILES string of the molecule is Cc1ccc(S(=O)(=O)N/N=C2\CCCC(C)C2)cc1. The van der Waals surface area contributed by atoms with E-state index in [0.717, 1.165) is 30.5 Å². The van der Waals surface area contributed by atoms with Gasteiger partial charge >= 0.3 is 0 Å². The van der Waals surface area contributed by atoms with Crippen LogP contribution in [0.1, 0.15) is 38.2 Å². The highest BCUT2D eigenvalue weighted by Crippen LogP contribution is 2.21. The highest BCUT2D eigenvalue weighted by Gasteiger charge is 2.16. The highest BCUT2D eigenvalue weighted by molar-refractivity contribution is 7.89. The van der Waals surface area contributed by atoms with Crippen molar-refractivity contribution >= 4 is 15.7 Å². The second kappa shape index (κ2) is 5.74. The van der Waals surface area contributed by atoms with Crippen molar-refractivity contribution < 1.29 is 8.42 Å². The predicted octanol–water partition coefficient (Wildman–Crippen LogP) is 2.84. The molecule has 2 rings (SSSR count). The van der Waals surface area contributed by atoms with E-state index in [1.165, 1.54) is 6.42 Å². The first-order chi connectivity index (χ1) is 8.97. The van der Waals surface area contributed by atoms with E-state index in [0.29, 0.717) is 5.92 Å². The third-order valence-electron chi connectivity index (χ3n) is 3.40. The second-order valence-electron chi connectivity index (χ2n) is 5.29. The third kappa shape index (κ3) is 3.80. The van der Waals surface area contributed by atoms with Gasteiger partial charge in [-0.15, -0.1) is 0 Å². The number of rotatable bonds is 3. The Morgan fingerprint density at radius 2 is 1.95 bits per heavy atom. The van der Waals surface area contributed by atoms with Crippen molar-refractivity contribution in [2.75, 3.05) is 0 Å². The molecule has 0 aromatic heterocycles. The van der Waals surface area contributed by atoms with Crippen LogP contribution in [0.25, 0.3) is 0 Å². The van der Waals surface area contributed by atoms with Gasteiger partial charge in [0.15, 0.2) is 0 Å². The van der Waals surface area contributed by atoms with Gasteiger partial charge in [-0.3, -0.25) is 0 Å². The maximum Gasteiger partial charge on any atom is 0.276 e. The second-order valence-corrected chi connectivity index (χ2v) is 6.95. The fourth-order valence-electron chi connectivity index (χ4n) is 2.26.